The van der Waals surface area contributed by atoms with E-state index >= 15 is 0 Å². The van der Waals surface area contributed by atoms with Crippen molar-refractivity contribution in [1.82, 2.24) is 21.5 Å². The topological polar surface area (TPSA) is 72.8 Å². The molecule has 0 heterocycles. The number of benzene rings is 2. The third kappa shape index (κ3) is 6.38. The summed E-state index contributed by atoms with van der Waals surface area (Å²) in [5, 5.41) is 15.4. The van der Waals surface area contributed by atoms with Crippen molar-refractivity contribution in [2.24, 2.45) is 10.2 Å². The summed E-state index contributed by atoms with van der Waals surface area (Å²) in [6.45, 7) is 0. The van der Waals surface area contributed by atoms with Gasteiger partial charge in [0.25, 0.3) is 0 Å². The first kappa shape index (κ1) is 20.9. The third-order valence-electron chi connectivity index (χ3n) is 3.38. The maximum atomic E-state index is 5.15. The lowest BCUT2D eigenvalue weighted by molar-refractivity contribution is 0.967. The first-order valence-electron chi connectivity index (χ1n) is 7.97. The summed E-state index contributed by atoms with van der Waals surface area (Å²) >= 11 is 13.8. The molecule has 2 rings (SSSR count). The first-order valence-corrected chi connectivity index (χ1v) is 9.58. The zero-order valence-electron chi connectivity index (χ0n) is 14.8. The number of nitrogens with one attached hydrogen (secondary N) is 4. The Hall–Kier alpha value is -2.36. The largest absolute Gasteiger partial charge is 0.364 e. The summed E-state index contributed by atoms with van der Waals surface area (Å²) in [5.41, 5.74) is 8.64. The second-order valence-corrected chi connectivity index (χ2v) is 6.91. The minimum atomic E-state index is 0.399. The van der Waals surface area contributed by atoms with Gasteiger partial charge >= 0.3 is 0 Å². The summed E-state index contributed by atoms with van der Waals surface area (Å²) in [5.74, 6) is 0. The Labute approximate surface area is 177 Å². The van der Waals surface area contributed by atoms with E-state index in [0.717, 1.165) is 15.6 Å². The number of hydrogen-bond acceptors (Lipinski definition) is 4. The zero-order chi connectivity index (χ0) is 19.6. The van der Waals surface area contributed by atoms with Gasteiger partial charge in [-0.05, 0) is 36.6 Å². The molecule has 27 heavy (non-hydrogen) atoms. The average molecular weight is 463 g/mol. The molecule has 0 saturated heterocycles. The fourth-order valence-corrected chi connectivity index (χ4v) is 2.39. The van der Waals surface area contributed by atoms with Crippen molar-refractivity contribution in [3.05, 3.63) is 70.2 Å². The minimum absolute atomic E-state index is 0.399. The molecule has 0 amide bonds. The summed E-state index contributed by atoms with van der Waals surface area (Å²) in [7, 11) is 3.45. The lowest BCUT2D eigenvalue weighted by atomic mass is 10.00. The SMILES string of the molecule is CNC(=S)NN=C(C(=NNC(=S)NC)c1ccc(Br)cc1)c1ccccc1. The molecular weight excluding hydrogens is 444 g/mol. The average Bonchev–Trinajstić information content (AvgIpc) is 2.71. The van der Waals surface area contributed by atoms with Crippen LogP contribution in [0.25, 0.3) is 0 Å². The van der Waals surface area contributed by atoms with E-state index < -0.39 is 0 Å². The maximum absolute atomic E-state index is 5.15. The highest BCUT2D eigenvalue weighted by molar-refractivity contribution is 9.10. The van der Waals surface area contributed by atoms with Crippen molar-refractivity contribution in [2.45, 2.75) is 0 Å². The minimum Gasteiger partial charge on any atom is -0.364 e. The molecule has 0 unspecified atom stereocenters. The van der Waals surface area contributed by atoms with Crippen LogP contribution < -0.4 is 21.5 Å². The Morgan fingerprint density at radius 2 is 1.19 bits per heavy atom. The molecule has 0 atom stereocenters. The predicted molar refractivity (Wildman–Crippen MR) is 123 cm³/mol. The first-order chi connectivity index (χ1) is 13.0. The van der Waals surface area contributed by atoms with Gasteiger partial charge in [-0.1, -0.05) is 58.4 Å². The summed E-state index contributed by atoms with van der Waals surface area (Å²) in [6.07, 6.45) is 0. The van der Waals surface area contributed by atoms with Crippen LogP contribution in [0.1, 0.15) is 11.1 Å². The van der Waals surface area contributed by atoms with E-state index in [4.69, 9.17) is 24.4 Å². The lowest BCUT2D eigenvalue weighted by Crippen LogP contribution is -2.33. The Balaban J connectivity index is 2.56. The van der Waals surface area contributed by atoms with Crippen LogP contribution >= 0.6 is 40.4 Å². The smallest absolute Gasteiger partial charge is 0.186 e. The standard InChI is InChI=1S/C18H19BrN6S2/c1-20-17(26)24-22-15(12-6-4-3-5-7-12)16(23-25-18(27)21-2)13-8-10-14(19)11-9-13/h3-11H,1-2H3,(H2,20,24,26)(H2,21,25,27). The molecule has 0 aliphatic rings. The molecule has 0 aromatic heterocycles. The number of rotatable bonds is 5. The van der Waals surface area contributed by atoms with Crippen LogP contribution in [-0.4, -0.2) is 35.7 Å². The van der Waals surface area contributed by atoms with Gasteiger partial charge < -0.3 is 10.6 Å². The number of nitrogens with zero attached hydrogens (tertiary/aromatic N) is 2. The second-order valence-electron chi connectivity index (χ2n) is 5.18. The lowest BCUT2D eigenvalue weighted by Gasteiger charge is -2.13. The van der Waals surface area contributed by atoms with E-state index in [1.54, 1.807) is 14.1 Å². The van der Waals surface area contributed by atoms with E-state index in [1.165, 1.54) is 0 Å². The van der Waals surface area contributed by atoms with E-state index in [1.807, 2.05) is 54.6 Å². The van der Waals surface area contributed by atoms with Crippen molar-refractivity contribution in [3.63, 3.8) is 0 Å². The highest BCUT2D eigenvalue weighted by atomic mass is 79.9. The zero-order valence-corrected chi connectivity index (χ0v) is 18.0. The van der Waals surface area contributed by atoms with E-state index in [2.05, 4.69) is 47.6 Å². The molecule has 0 aliphatic heterocycles. The van der Waals surface area contributed by atoms with Gasteiger partial charge in [-0.2, -0.15) is 10.2 Å². The van der Waals surface area contributed by atoms with Crippen molar-refractivity contribution in [1.29, 1.82) is 0 Å². The third-order valence-corrected chi connectivity index (χ3v) is 4.50. The highest BCUT2D eigenvalue weighted by Crippen LogP contribution is 2.14. The monoisotopic (exact) mass is 462 g/mol. The summed E-state index contributed by atoms with van der Waals surface area (Å²) in [6, 6.07) is 17.5. The van der Waals surface area contributed by atoms with Gasteiger partial charge in [0.2, 0.25) is 0 Å². The second kappa shape index (κ2) is 10.7. The van der Waals surface area contributed by atoms with Gasteiger partial charge in [-0.3, -0.25) is 10.9 Å². The Bertz CT molecular complexity index is 850. The molecule has 140 valence electrons. The Morgan fingerprint density at radius 3 is 1.63 bits per heavy atom. The molecule has 4 N–H and O–H groups in total. The van der Waals surface area contributed by atoms with Crippen LogP contribution in [0.5, 0.6) is 0 Å². The molecule has 9 heteroatoms. The molecule has 0 fully saturated rings. The number of halogens is 1. The van der Waals surface area contributed by atoms with Gasteiger partial charge in [0.05, 0.1) is 0 Å². The van der Waals surface area contributed by atoms with Crippen molar-refractivity contribution >= 4 is 62.0 Å². The molecule has 0 radical (unpaired) electrons. The number of hydrogen-bond donors (Lipinski definition) is 4. The van der Waals surface area contributed by atoms with Gasteiger partial charge in [0.1, 0.15) is 11.4 Å². The predicted octanol–water partition coefficient (Wildman–Crippen LogP) is 2.75. The number of hydrazone groups is 2. The van der Waals surface area contributed by atoms with Crippen LogP contribution in [-0.2, 0) is 0 Å². The molecule has 0 bridgehead atoms. The Morgan fingerprint density at radius 1 is 0.741 bits per heavy atom. The quantitative estimate of drug-likeness (QED) is 0.311. The van der Waals surface area contributed by atoms with Crippen molar-refractivity contribution < 1.29 is 0 Å². The molecule has 0 saturated carbocycles. The van der Waals surface area contributed by atoms with E-state index in [9.17, 15) is 0 Å². The molecule has 6 nitrogen and oxygen atoms in total. The van der Waals surface area contributed by atoms with Crippen molar-refractivity contribution in [2.75, 3.05) is 14.1 Å². The molecule has 2 aromatic rings. The van der Waals surface area contributed by atoms with Crippen LogP contribution in [0, 0.1) is 0 Å². The van der Waals surface area contributed by atoms with Crippen LogP contribution in [0.3, 0.4) is 0 Å². The van der Waals surface area contributed by atoms with E-state index in [-0.39, 0.29) is 0 Å². The fraction of sp³-hybridized carbons (Fsp3) is 0.111. The summed E-state index contributed by atoms with van der Waals surface area (Å²) in [4.78, 5) is 0. The van der Waals surface area contributed by atoms with E-state index in [0.29, 0.717) is 21.6 Å². The molecule has 0 aliphatic carbocycles. The van der Waals surface area contributed by atoms with Crippen LogP contribution in [0.4, 0.5) is 0 Å². The van der Waals surface area contributed by atoms with Crippen molar-refractivity contribution in [3.8, 4) is 0 Å². The highest BCUT2D eigenvalue weighted by Gasteiger charge is 2.16. The normalized spacial score (nSPS) is 11.5. The molecular formula is C18H19BrN6S2. The van der Waals surface area contributed by atoms with Crippen LogP contribution in [0.2, 0.25) is 0 Å². The maximum Gasteiger partial charge on any atom is 0.186 e. The van der Waals surface area contributed by atoms with Gasteiger partial charge in [-0.25, -0.2) is 0 Å². The van der Waals surface area contributed by atoms with Gasteiger partial charge in [0.15, 0.2) is 10.2 Å². The van der Waals surface area contributed by atoms with Crippen LogP contribution in [0.15, 0.2) is 69.3 Å². The summed E-state index contributed by atoms with van der Waals surface area (Å²) < 4.78 is 0.969. The van der Waals surface area contributed by atoms with Gasteiger partial charge in [-0.15, -0.1) is 0 Å². The molecule has 2 aromatic carbocycles. The Kier molecular flexibility index (Phi) is 8.31. The fourth-order valence-electron chi connectivity index (χ4n) is 2.04. The van der Waals surface area contributed by atoms with Gasteiger partial charge in [0, 0.05) is 29.7 Å². The number of thiocarbonyl (C=S) groups is 2. The molecule has 0 spiro atoms.